The number of hydrogen-bond donors (Lipinski definition) is 1. The molecule has 1 N–H and O–H groups in total. The highest BCUT2D eigenvalue weighted by Crippen LogP contribution is 2.24. The van der Waals surface area contributed by atoms with Gasteiger partial charge in [-0.05, 0) is 48.7 Å². The first-order valence-corrected chi connectivity index (χ1v) is 8.93. The Kier molecular flexibility index (Phi) is 8.52. The van der Waals surface area contributed by atoms with Crippen LogP contribution in [0.3, 0.4) is 0 Å². The van der Waals surface area contributed by atoms with Crippen molar-refractivity contribution in [1.29, 1.82) is 0 Å². The van der Waals surface area contributed by atoms with Gasteiger partial charge in [-0.1, -0.05) is 20.8 Å². The first-order valence-electron chi connectivity index (χ1n) is 8.14. The summed E-state index contributed by atoms with van der Waals surface area (Å²) < 4.78 is 9.08. The van der Waals surface area contributed by atoms with Crippen LogP contribution >= 0.6 is 15.9 Å². The fourth-order valence-corrected chi connectivity index (χ4v) is 3.43. The van der Waals surface area contributed by atoms with Gasteiger partial charge >= 0.3 is 0 Å². The van der Waals surface area contributed by atoms with Gasteiger partial charge in [-0.25, -0.2) is 0 Å². The van der Waals surface area contributed by atoms with E-state index < -0.39 is 0 Å². The van der Waals surface area contributed by atoms with E-state index in [0.717, 1.165) is 49.0 Å². The summed E-state index contributed by atoms with van der Waals surface area (Å²) in [5, 5.41) is 8.24. The van der Waals surface area contributed by atoms with E-state index >= 15 is 0 Å². The molecule has 0 radical (unpaired) electrons. The highest BCUT2D eigenvalue weighted by atomic mass is 79.9. The van der Waals surface area contributed by atoms with Gasteiger partial charge in [0.2, 0.25) is 0 Å². The van der Waals surface area contributed by atoms with Gasteiger partial charge in [-0.2, -0.15) is 5.10 Å². The summed E-state index contributed by atoms with van der Waals surface area (Å²) in [5.74, 6) is 0. The zero-order chi connectivity index (χ0) is 15.8. The number of nitrogens with zero attached hydrogens (tertiary/aromatic N) is 2. The van der Waals surface area contributed by atoms with Crippen LogP contribution in [0.15, 0.2) is 4.47 Å². The van der Waals surface area contributed by atoms with Gasteiger partial charge in [0.1, 0.15) is 0 Å². The normalized spacial score (nSPS) is 14.4. The van der Waals surface area contributed by atoms with E-state index in [9.17, 15) is 0 Å². The summed E-state index contributed by atoms with van der Waals surface area (Å²) in [7, 11) is 2.03. The molecule has 122 valence electrons. The van der Waals surface area contributed by atoms with E-state index in [1.54, 1.807) is 0 Å². The maximum Gasteiger partial charge on any atom is 0.0766 e. The SMILES string of the molecule is CCCNC(Cc1c(Br)c(CC)nn1C)C(CC)OCC. The van der Waals surface area contributed by atoms with E-state index in [4.69, 9.17) is 4.74 Å². The zero-order valence-electron chi connectivity index (χ0n) is 14.1. The molecule has 0 bridgehead atoms. The van der Waals surface area contributed by atoms with Crippen molar-refractivity contribution in [2.45, 2.75) is 65.5 Å². The smallest absolute Gasteiger partial charge is 0.0766 e. The molecule has 0 aliphatic rings. The van der Waals surface area contributed by atoms with Crippen LogP contribution in [0.5, 0.6) is 0 Å². The van der Waals surface area contributed by atoms with Crippen molar-refractivity contribution in [3.8, 4) is 0 Å². The van der Waals surface area contributed by atoms with Crippen LogP contribution in [0, 0.1) is 0 Å². The fraction of sp³-hybridized carbons (Fsp3) is 0.812. The Labute approximate surface area is 137 Å². The second kappa shape index (κ2) is 9.59. The van der Waals surface area contributed by atoms with Gasteiger partial charge in [0, 0.05) is 26.1 Å². The summed E-state index contributed by atoms with van der Waals surface area (Å²) in [5.41, 5.74) is 2.38. The first-order chi connectivity index (χ1) is 10.1. The number of hydrogen-bond acceptors (Lipinski definition) is 3. The van der Waals surface area contributed by atoms with Crippen molar-refractivity contribution < 1.29 is 4.74 Å². The summed E-state index contributed by atoms with van der Waals surface area (Å²) in [6.07, 6.45) is 4.28. The lowest BCUT2D eigenvalue weighted by molar-refractivity contribution is 0.0315. The van der Waals surface area contributed by atoms with Crippen molar-refractivity contribution in [3.05, 3.63) is 15.9 Å². The predicted octanol–water partition coefficient (Wildman–Crippen LogP) is 3.47. The van der Waals surface area contributed by atoms with Gasteiger partial charge in [-0.3, -0.25) is 4.68 Å². The lowest BCUT2D eigenvalue weighted by atomic mass is 10.0. The molecule has 1 aromatic rings. The second-order valence-corrected chi connectivity index (χ2v) is 6.14. The number of aromatic nitrogens is 2. The van der Waals surface area contributed by atoms with Crippen LogP contribution in [0.25, 0.3) is 0 Å². The van der Waals surface area contributed by atoms with Crippen LogP contribution < -0.4 is 5.32 Å². The zero-order valence-corrected chi connectivity index (χ0v) is 15.7. The predicted molar refractivity (Wildman–Crippen MR) is 91.8 cm³/mol. The third kappa shape index (κ3) is 5.08. The molecule has 0 spiro atoms. The topological polar surface area (TPSA) is 39.1 Å². The van der Waals surface area contributed by atoms with Gasteiger partial charge in [0.05, 0.1) is 22.0 Å². The van der Waals surface area contributed by atoms with Crippen molar-refractivity contribution in [2.24, 2.45) is 7.05 Å². The molecule has 0 aliphatic carbocycles. The van der Waals surface area contributed by atoms with Gasteiger partial charge in [0.25, 0.3) is 0 Å². The van der Waals surface area contributed by atoms with E-state index in [0.29, 0.717) is 6.04 Å². The molecule has 1 aromatic heterocycles. The average Bonchev–Trinajstić information content (AvgIpc) is 2.76. The molecule has 4 nitrogen and oxygen atoms in total. The van der Waals surface area contributed by atoms with Crippen LogP contribution in [0.4, 0.5) is 0 Å². The number of ether oxygens (including phenoxy) is 1. The molecule has 0 amide bonds. The molecule has 0 saturated heterocycles. The molecule has 0 fully saturated rings. The molecule has 1 rings (SSSR count). The standard InChI is InChI=1S/C16H30BrN3O/c1-6-10-18-13(15(8-3)21-9-4)11-14-16(17)12(7-2)19-20(14)5/h13,15,18H,6-11H2,1-5H3. The Morgan fingerprint density at radius 2 is 2.00 bits per heavy atom. The molecular formula is C16H30BrN3O. The van der Waals surface area contributed by atoms with Crippen LogP contribution in [0.2, 0.25) is 0 Å². The van der Waals surface area contributed by atoms with Crippen LogP contribution in [-0.4, -0.2) is 35.1 Å². The van der Waals surface area contributed by atoms with Crippen molar-refractivity contribution in [3.63, 3.8) is 0 Å². The van der Waals surface area contributed by atoms with Crippen molar-refractivity contribution in [1.82, 2.24) is 15.1 Å². The number of halogens is 1. The van der Waals surface area contributed by atoms with E-state index in [-0.39, 0.29) is 6.10 Å². The molecule has 21 heavy (non-hydrogen) atoms. The number of rotatable bonds is 10. The molecule has 5 heteroatoms. The quantitative estimate of drug-likeness (QED) is 0.694. The van der Waals surface area contributed by atoms with Crippen molar-refractivity contribution in [2.75, 3.05) is 13.2 Å². The monoisotopic (exact) mass is 359 g/mol. The minimum absolute atomic E-state index is 0.244. The molecule has 0 aliphatic heterocycles. The largest absolute Gasteiger partial charge is 0.377 e. The molecule has 2 unspecified atom stereocenters. The van der Waals surface area contributed by atoms with Crippen LogP contribution in [-0.2, 0) is 24.6 Å². The molecular weight excluding hydrogens is 330 g/mol. The number of aryl methyl sites for hydroxylation is 2. The maximum atomic E-state index is 5.93. The van der Waals surface area contributed by atoms with Crippen molar-refractivity contribution >= 4 is 15.9 Å². The highest BCUT2D eigenvalue weighted by Gasteiger charge is 2.24. The third-order valence-corrected chi connectivity index (χ3v) is 4.72. The second-order valence-electron chi connectivity index (χ2n) is 5.35. The van der Waals surface area contributed by atoms with E-state index in [1.807, 2.05) is 11.7 Å². The van der Waals surface area contributed by atoms with E-state index in [1.165, 1.54) is 5.69 Å². The Hall–Kier alpha value is -0.390. The minimum Gasteiger partial charge on any atom is -0.377 e. The molecule has 1 heterocycles. The van der Waals surface area contributed by atoms with Gasteiger partial charge in [0.15, 0.2) is 0 Å². The molecule has 0 aromatic carbocycles. The lowest BCUT2D eigenvalue weighted by Crippen LogP contribution is -2.43. The Bertz CT molecular complexity index is 420. The number of nitrogens with one attached hydrogen (secondary N) is 1. The molecule has 0 saturated carbocycles. The Morgan fingerprint density at radius 1 is 1.29 bits per heavy atom. The minimum atomic E-state index is 0.244. The van der Waals surface area contributed by atoms with Crippen LogP contribution in [0.1, 0.15) is 51.9 Å². The lowest BCUT2D eigenvalue weighted by Gasteiger charge is -2.27. The van der Waals surface area contributed by atoms with Gasteiger partial charge in [-0.15, -0.1) is 0 Å². The Morgan fingerprint density at radius 3 is 2.48 bits per heavy atom. The molecule has 2 atom stereocenters. The summed E-state index contributed by atoms with van der Waals surface area (Å²) in [6.45, 7) is 10.4. The Balaban J connectivity index is 2.91. The maximum absolute atomic E-state index is 5.93. The summed E-state index contributed by atoms with van der Waals surface area (Å²) in [4.78, 5) is 0. The van der Waals surface area contributed by atoms with Gasteiger partial charge < -0.3 is 10.1 Å². The average molecular weight is 360 g/mol. The fourth-order valence-electron chi connectivity index (χ4n) is 2.65. The highest BCUT2D eigenvalue weighted by molar-refractivity contribution is 9.10. The third-order valence-electron chi connectivity index (χ3n) is 3.80. The first kappa shape index (κ1) is 18.7. The summed E-state index contributed by atoms with van der Waals surface area (Å²) in [6, 6.07) is 0.325. The summed E-state index contributed by atoms with van der Waals surface area (Å²) >= 11 is 3.72. The van der Waals surface area contributed by atoms with E-state index in [2.05, 4.69) is 54.0 Å².